The molecule has 0 fully saturated rings. The van der Waals surface area contributed by atoms with Gasteiger partial charge in [0.05, 0.1) is 5.57 Å². The number of hydrogen-bond acceptors (Lipinski definition) is 1. The van der Waals surface area contributed by atoms with Crippen molar-refractivity contribution in [1.82, 2.24) is 0 Å². The minimum Gasteiger partial charge on any atom is -0.478 e. The van der Waals surface area contributed by atoms with Gasteiger partial charge in [-0.1, -0.05) is 37.4 Å². The standard InChI is InChI=1S/C11H17ClO2/c1-3-5-6-8-10(12)9(7-4-2)11(13)14/h4H,2-3,5-8H2,1H3,(H,13,14)/b10-9-. The van der Waals surface area contributed by atoms with Crippen LogP contribution in [0.15, 0.2) is 23.3 Å². The van der Waals surface area contributed by atoms with Gasteiger partial charge >= 0.3 is 5.97 Å². The number of carboxylic acids is 1. The van der Waals surface area contributed by atoms with E-state index in [-0.39, 0.29) is 5.57 Å². The molecule has 1 N–H and O–H groups in total. The van der Waals surface area contributed by atoms with Gasteiger partial charge < -0.3 is 5.11 Å². The molecule has 0 radical (unpaired) electrons. The van der Waals surface area contributed by atoms with Crippen molar-refractivity contribution in [1.29, 1.82) is 0 Å². The highest BCUT2D eigenvalue weighted by molar-refractivity contribution is 6.31. The molecule has 0 aromatic rings. The molecule has 0 aliphatic heterocycles. The number of carbonyl (C=O) groups is 1. The van der Waals surface area contributed by atoms with Crippen LogP contribution in [0.5, 0.6) is 0 Å². The van der Waals surface area contributed by atoms with Crippen molar-refractivity contribution < 1.29 is 9.90 Å². The van der Waals surface area contributed by atoms with Gasteiger partial charge in [0.25, 0.3) is 0 Å². The molecule has 3 heteroatoms. The van der Waals surface area contributed by atoms with Crippen LogP contribution in [0.2, 0.25) is 0 Å². The van der Waals surface area contributed by atoms with E-state index in [4.69, 9.17) is 16.7 Å². The molecule has 0 aliphatic rings. The Labute approximate surface area is 90.3 Å². The van der Waals surface area contributed by atoms with Crippen LogP contribution in [0.1, 0.15) is 39.0 Å². The first kappa shape index (κ1) is 13.2. The summed E-state index contributed by atoms with van der Waals surface area (Å²) < 4.78 is 0. The first-order valence-corrected chi connectivity index (χ1v) is 5.23. The molecule has 0 amide bonds. The lowest BCUT2D eigenvalue weighted by Crippen LogP contribution is -2.01. The van der Waals surface area contributed by atoms with Gasteiger partial charge in [0.1, 0.15) is 0 Å². The third-order valence-electron chi connectivity index (χ3n) is 1.93. The summed E-state index contributed by atoms with van der Waals surface area (Å²) >= 11 is 5.91. The maximum absolute atomic E-state index is 10.8. The van der Waals surface area contributed by atoms with Crippen molar-refractivity contribution >= 4 is 17.6 Å². The molecular formula is C11H17ClO2. The van der Waals surface area contributed by atoms with Crippen LogP contribution < -0.4 is 0 Å². The van der Waals surface area contributed by atoms with Crippen LogP contribution in [-0.2, 0) is 4.79 Å². The van der Waals surface area contributed by atoms with E-state index < -0.39 is 5.97 Å². The maximum atomic E-state index is 10.8. The molecule has 0 saturated heterocycles. The quantitative estimate of drug-likeness (QED) is 0.400. The average molecular weight is 217 g/mol. The molecule has 0 heterocycles. The summed E-state index contributed by atoms with van der Waals surface area (Å²) in [6.45, 7) is 5.60. The van der Waals surface area contributed by atoms with Crippen LogP contribution in [0.4, 0.5) is 0 Å². The van der Waals surface area contributed by atoms with Gasteiger partial charge in [-0.2, -0.15) is 0 Å². The number of carboxylic acid groups (broad SMARTS) is 1. The largest absolute Gasteiger partial charge is 0.478 e. The number of hydrogen-bond donors (Lipinski definition) is 1. The van der Waals surface area contributed by atoms with E-state index in [0.29, 0.717) is 17.9 Å². The number of allylic oxidation sites excluding steroid dienone is 2. The Morgan fingerprint density at radius 3 is 2.57 bits per heavy atom. The Kier molecular flexibility index (Phi) is 7.21. The van der Waals surface area contributed by atoms with E-state index in [2.05, 4.69) is 13.5 Å². The molecule has 0 unspecified atom stereocenters. The molecule has 14 heavy (non-hydrogen) atoms. The molecule has 80 valence electrons. The summed E-state index contributed by atoms with van der Waals surface area (Å²) in [4.78, 5) is 10.8. The van der Waals surface area contributed by atoms with E-state index in [9.17, 15) is 4.79 Å². The average Bonchev–Trinajstić information content (AvgIpc) is 2.13. The van der Waals surface area contributed by atoms with Gasteiger partial charge in [-0.05, 0) is 19.3 Å². The lowest BCUT2D eigenvalue weighted by Gasteiger charge is -2.03. The zero-order valence-electron chi connectivity index (χ0n) is 8.55. The van der Waals surface area contributed by atoms with E-state index in [1.54, 1.807) is 6.08 Å². The fourth-order valence-corrected chi connectivity index (χ4v) is 1.43. The lowest BCUT2D eigenvalue weighted by molar-refractivity contribution is -0.132. The predicted octanol–water partition coefficient (Wildman–Crippen LogP) is 3.72. The molecule has 0 bridgehead atoms. The summed E-state index contributed by atoms with van der Waals surface area (Å²) in [7, 11) is 0. The molecule has 0 rings (SSSR count). The van der Waals surface area contributed by atoms with Gasteiger partial charge in [-0.25, -0.2) is 4.79 Å². The molecule has 0 spiro atoms. The molecule has 0 saturated carbocycles. The number of unbranched alkanes of at least 4 members (excludes halogenated alkanes) is 2. The fraction of sp³-hybridized carbons (Fsp3) is 0.545. The third-order valence-corrected chi connectivity index (χ3v) is 2.35. The Bertz CT molecular complexity index is 231. The van der Waals surface area contributed by atoms with E-state index in [1.165, 1.54) is 0 Å². The summed E-state index contributed by atoms with van der Waals surface area (Å²) in [6.07, 6.45) is 5.69. The first-order valence-electron chi connectivity index (χ1n) is 4.85. The second-order valence-electron chi connectivity index (χ2n) is 3.14. The van der Waals surface area contributed by atoms with E-state index >= 15 is 0 Å². The van der Waals surface area contributed by atoms with Crippen molar-refractivity contribution in [2.45, 2.75) is 39.0 Å². The molecule has 2 nitrogen and oxygen atoms in total. The summed E-state index contributed by atoms with van der Waals surface area (Å²) in [5, 5.41) is 9.30. The minimum absolute atomic E-state index is 0.276. The smallest absolute Gasteiger partial charge is 0.333 e. The van der Waals surface area contributed by atoms with Gasteiger partial charge in [-0.15, -0.1) is 6.58 Å². The second kappa shape index (κ2) is 7.63. The van der Waals surface area contributed by atoms with Crippen LogP contribution in [0.3, 0.4) is 0 Å². The Balaban J connectivity index is 4.31. The van der Waals surface area contributed by atoms with Crippen LogP contribution in [0.25, 0.3) is 0 Å². The Morgan fingerprint density at radius 1 is 1.50 bits per heavy atom. The molecule has 0 aromatic carbocycles. The van der Waals surface area contributed by atoms with Crippen molar-refractivity contribution in [3.8, 4) is 0 Å². The van der Waals surface area contributed by atoms with Crippen LogP contribution >= 0.6 is 11.6 Å². The van der Waals surface area contributed by atoms with E-state index in [1.807, 2.05) is 0 Å². The van der Waals surface area contributed by atoms with Crippen LogP contribution in [0, 0.1) is 0 Å². The number of halogens is 1. The summed E-state index contributed by atoms with van der Waals surface area (Å²) in [6, 6.07) is 0. The summed E-state index contributed by atoms with van der Waals surface area (Å²) in [5.41, 5.74) is 0.276. The fourth-order valence-electron chi connectivity index (χ4n) is 1.14. The monoisotopic (exact) mass is 216 g/mol. The molecule has 0 aromatic heterocycles. The predicted molar refractivity (Wildman–Crippen MR) is 59.5 cm³/mol. The third kappa shape index (κ3) is 5.07. The summed E-state index contributed by atoms with van der Waals surface area (Å²) in [5.74, 6) is -0.939. The lowest BCUT2D eigenvalue weighted by atomic mass is 10.1. The highest BCUT2D eigenvalue weighted by Crippen LogP contribution is 2.20. The SMILES string of the molecule is C=CC/C(C(=O)O)=C(/Cl)CCCCC. The van der Waals surface area contributed by atoms with E-state index in [0.717, 1.165) is 19.3 Å². The second-order valence-corrected chi connectivity index (χ2v) is 3.59. The van der Waals surface area contributed by atoms with Gasteiger partial charge in [0.15, 0.2) is 0 Å². The zero-order valence-corrected chi connectivity index (χ0v) is 9.31. The number of rotatable bonds is 7. The molecule has 0 aliphatic carbocycles. The maximum Gasteiger partial charge on any atom is 0.333 e. The Hall–Kier alpha value is -0.760. The molecular weight excluding hydrogens is 200 g/mol. The van der Waals surface area contributed by atoms with Crippen molar-refractivity contribution in [2.24, 2.45) is 0 Å². The minimum atomic E-state index is -0.939. The van der Waals surface area contributed by atoms with Gasteiger partial charge in [0.2, 0.25) is 0 Å². The van der Waals surface area contributed by atoms with Crippen molar-refractivity contribution in [2.75, 3.05) is 0 Å². The molecule has 0 atom stereocenters. The van der Waals surface area contributed by atoms with Crippen molar-refractivity contribution in [3.05, 3.63) is 23.3 Å². The van der Waals surface area contributed by atoms with Crippen LogP contribution in [-0.4, -0.2) is 11.1 Å². The van der Waals surface area contributed by atoms with Gasteiger partial charge in [-0.3, -0.25) is 0 Å². The number of aliphatic carboxylic acids is 1. The zero-order chi connectivity index (χ0) is 11.0. The normalized spacial score (nSPS) is 12.1. The highest BCUT2D eigenvalue weighted by Gasteiger charge is 2.10. The topological polar surface area (TPSA) is 37.3 Å². The Morgan fingerprint density at radius 2 is 2.14 bits per heavy atom. The van der Waals surface area contributed by atoms with Crippen molar-refractivity contribution in [3.63, 3.8) is 0 Å². The highest BCUT2D eigenvalue weighted by atomic mass is 35.5. The van der Waals surface area contributed by atoms with Gasteiger partial charge in [0, 0.05) is 5.03 Å². The first-order chi connectivity index (χ1) is 6.63.